The third-order valence-electron chi connectivity index (χ3n) is 3.54. The highest BCUT2D eigenvalue weighted by Gasteiger charge is 2.27. The molecule has 0 spiro atoms. The lowest BCUT2D eigenvalue weighted by Crippen LogP contribution is -2.44. The normalized spacial score (nSPS) is 10.6. The first-order chi connectivity index (χ1) is 8.94. The number of benzene rings is 1. The Hall–Kier alpha value is -1.79. The molecule has 1 N–H and O–H groups in total. The fraction of sp³-hybridized carbons (Fsp3) is 0.438. The molecule has 0 fully saturated rings. The van der Waals surface area contributed by atoms with Crippen LogP contribution < -0.4 is 0 Å². The number of carbonyl (C=O) groups excluding carboxylic acids is 1. The van der Waals surface area contributed by atoms with E-state index in [0.717, 1.165) is 6.42 Å². The Kier molecular flexibility index (Phi) is 5.14. The molecule has 0 saturated carbocycles. The third-order valence-corrected chi connectivity index (χ3v) is 3.54. The van der Waals surface area contributed by atoms with Gasteiger partial charge in [0.15, 0.2) is 0 Å². The molecule has 0 aromatic heterocycles. The molecule has 3 heteroatoms. The second kappa shape index (κ2) is 6.40. The molecule has 0 aliphatic rings. The number of aliphatic hydroxyl groups excluding tert-OH is 1. The van der Waals surface area contributed by atoms with Crippen LogP contribution in [0.25, 0.3) is 0 Å². The summed E-state index contributed by atoms with van der Waals surface area (Å²) in [6.07, 6.45) is 0.875. The Morgan fingerprint density at radius 2 is 2.00 bits per heavy atom. The van der Waals surface area contributed by atoms with Crippen LogP contribution in [-0.4, -0.2) is 35.1 Å². The molecule has 0 saturated heterocycles. The molecule has 0 aliphatic heterocycles. The summed E-state index contributed by atoms with van der Waals surface area (Å²) in [7, 11) is 1.81. The highest BCUT2D eigenvalue weighted by atomic mass is 16.2. The fourth-order valence-electron chi connectivity index (χ4n) is 1.61. The Bertz CT molecular complexity index is 509. The lowest BCUT2D eigenvalue weighted by molar-refractivity contribution is 0.0620. The van der Waals surface area contributed by atoms with Gasteiger partial charge in [-0.3, -0.25) is 4.79 Å². The SMILES string of the molecule is CCC(C)(C)N(C)C(=O)c1ccccc1C#CCO. The van der Waals surface area contributed by atoms with Crippen LogP contribution >= 0.6 is 0 Å². The molecule has 102 valence electrons. The lowest BCUT2D eigenvalue weighted by atomic mass is 9.97. The van der Waals surface area contributed by atoms with Crippen LogP contribution in [0, 0.1) is 11.8 Å². The van der Waals surface area contributed by atoms with Gasteiger partial charge in [-0.1, -0.05) is 30.9 Å². The highest BCUT2D eigenvalue weighted by molar-refractivity contribution is 5.97. The highest BCUT2D eigenvalue weighted by Crippen LogP contribution is 2.20. The maximum absolute atomic E-state index is 12.5. The predicted molar refractivity (Wildman–Crippen MR) is 76.9 cm³/mol. The van der Waals surface area contributed by atoms with Crippen molar-refractivity contribution in [2.75, 3.05) is 13.7 Å². The van der Waals surface area contributed by atoms with Gasteiger partial charge in [-0.05, 0) is 32.4 Å². The molecule has 0 unspecified atom stereocenters. The van der Waals surface area contributed by atoms with E-state index >= 15 is 0 Å². The molecule has 1 aromatic rings. The smallest absolute Gasteiger partial charge is 0.255 e. The molecular formula is C16H21NO2. The average Bonchev–Trinajstić information content (AvgIpc) is 2.43. The maximum atomic E-state index is 12.5. The van der Waals surface area contributed by atoms with Gasteiger partial charge in [-0.2, -0.15) is 0 Å². The molecule has 1 rings (SSSR count). The first-order valence-electron chi connectivity index (χ1n) is 6.41. The number of rotatable bonds is 3. The Morgan fingerprint density at radius 1 is 1.37 bits per heavy atom. The molecule has 0 aliphatic carbocycles. The van der Waals surface area contributed by atoms with Gasteiger partial charge in [0.05, 0.1) is 5.56 Å². The van der Waals surface area contributed by atoms with E-state index in [0.29, 0.717) is 11.1 Å². The molecule has 0 bridgehead atoms. The van der Waals surface area contributed by atoms with E-state index in [-0.39, 0.29) is 18.1 Å². The third kappa shape index (κ3) is 3.59. The fourth-order valence-corrected chi connectivity index (χ4v) is 1.61. The van der Waals surface area contributed by atoms with Crippen LogP contribution in [-0.2, 0) is 0 Å². The van der Waals surface area contributed by atoms with Crippen molar-refractivity contribution in [2.45, 2.75) is 32.7 Å². The van der Waals surface area contributed by atoms with Gasteiger partial charge in [0, 0.05) is 18.2 Å². The summed E-state index contributed by atoms with van der Waals surface area (Å²) >= 11 is 0. The Morgan fingerprint density at radius 3 is 2.58 bits per heavy atom. The lowest BCUT2D eigenvalue weighted by Gasteiger charge is -2.35. The Labute approximate surface area is 115 Å². The topological polar surface area (TPSA) is 40.5 Å². The van der Waals surface area contributed by atoms with Crippen LogP contribution in [0.5, 0.6) is 0 Å². The number of hydrogen-bond donors (Lipinski definition) is 1. The number of carbonyl (C=O) groups is 1. The number of amides is 1. The molecule has 1 aromatic carbocycles. The first kappa shape index (κ1) is 15.3. The summed E-state index contributed by atoms with van der Waals surface area (Å²) in [5.41, 5.74) is 1.03. The largest absolute Gasteiger partial charge is 0.384 e. The zero-order valence-corrected chi connectivity index (χ0v) is 12.0. The minimum Gasteiger partial charge on any atom is -0.384 e. The van der Waals surface area contributed by atoms with Crippen LogP contribution in [0.4, 0.5) is 0 Å². The van der Waals surface area contributed by atoms with Crippen LogP contribution in [0.3, 0.4) is 0 Å². The van der Waals surface area contributed by atoms with Gasteiger partial charge in [0.1, 0.15) is 6.61 Å². The van der Waals surface area contributed by atoms with Crippen molar-refractivity contribution < 1.29 is 9.90 Å². The standard InChI is InChI=1S/C16H21NO2/c1-5-16(2,3)17(4)15(19)14-11-7-6-9-13(14)10-8-12-18/h6-7,9,11,18H,5,12H2,1-4H3. The molecular weight excluding hydrogens is 238 g/mol. The summed E-state index contributed by atoms with van der Waals surface area (Å²) in [6.45, 7) is 5.92. The molecule has 1 amide bonds. The van der Waals surface area contributed by atoms with Crippen molar-refractivity contribution in [1.29, 1.82) is 0 Å². The van der Waals surface area contributed by atoms with Gasteiger partial charge in [0.25, 0.3) is 5.91 Å². The summed E-state index contributed by atoms with van der Waals surface area (Å²) in [4.78, 5) is 14.3. The van der Waals surface area contributed by atoms with Gasteiger partial charge < -0.3 is 10.0 Å². The summed E-state index contributed by atoms with van der Waals surface area (Å²) in [6, 6.07) is 7.22. The van der Waals surface area contributed by atoms with Gasteiger partial charge in [-0.15, -0.1) is 0 Å². The minimum absolute atomic E-state index is 0.0466. The van der Waals surface area contributed by atoms with Crippen molar-refractivity contribution in [3.63, 3.8) is 0 Å². The van der Waals surface area contributed by atoms with E-state index in [9.17, 15) is 4.79 Å². The van der Waals surface area contributed by atoms with Gasteiger partial charge in [0.2, 0.25) is 0 Å². The van der Waals surface area contributed by atoms with Crippen LogP contribution in [0.15, 0.2) is 24.3 Å². The first-order valence-corrected chi connectivity index (χ1v) is 6.41. The van der Waals surface area contributed by atoms with Crippen molar-refractivity contribution in [1.82, 2.24) is 4.90 Å². The second-order valence-electron chi connectivity index (χ2n) is 5.04. The summed E-state index contributed by atoms with van der Waals surface area (Å²) in [5, 5.41) is 8.76. The van der Waals surface area contributed by atoms with E-state index in [1.807, 2.05) is 33.0 Å². The van der Waals surface area contributed by atoms with Crippen LogP contribution in [0.2, 0.25) is 0 Å². The number of aliphatic hydroxyl groups is 1. The van der Waals surface area contributed by atoms with E-state index in [1.54, 1.807) is 17.0 Å². The molecule has 0 heterocycles. The van der Waals surface area contributed by atoms with Gasteiger partial charge in [-0.25, -0.2) is 0 Å². The molecule has 0 atom stereocenters. The van der Waals surface area contributed by atoms with E-state index in [2.05, 4.69) is 18.8 Å². The van der Waals surface area contributed by atoms with Crippen molar-refractivity contribution in [2.24, 2.45) is 0 Å². The Balaban J connectivity index is 3.13. The number of hydrogen-bond acceptors (Lipinski definition) is 2. The van der Waals surface area contributed by atoms with E-state index in [4.69, 9.17) is 5.11 Å². The van der Waals surface area contributed by atoms with Gasteiger partial charge >= 0.3 is 0 Å². The molecule has 3 nitrogen and oxygen atoms in total. The average molecular weight is 259 g/mol. The summed E-state index contributed by atoms with van der Waals surface area (Å²) < 4.78 is 0. The summed E-state index contributed by atoms with van der Waals surface area (Å²) in [5.74, 6) is 5.36. The quantitative estimate of drug-likeness (QED) is 0.846. The van der Waals surface area contributed by atoms with Crippen molar-refractivity contribution in [3.05, 3.63) is 35.4 Å². The monoisotopic (exact) mass is 259 g/mol. The van der Waals surface area contributed by atoms with Crippen molar-refractivity contribution in [3.8, 4) is 11.8 Å². The van der Waals surface area contributed by atoms with Crippen LogP contribution in [0.1, 0.15) is 43.1 Å². The zero-order valence-electron chi connectivity index (χ0n) is 12.0. The van der Waals surface area contributed by atoms with E-state index < -0.39 is 0 Å². The maximum Gasteiger partial charge on any atom is 0.255 e. The molecule has 19 heavy (non-hydrogen) atoms. The second-order valence-corrected chi connectivity index (χ2v) is 5.04. The van der Waals surface area contributed by atoms with E-state index in [1.165, 1.54) is 0 Å². The predicted octanol–water partition coefficient (Wildman–Crippen LogP) is 2.29. The number of nitrogens with zero attached hydrogens (tertiary/aromatic N) is 1. The molecule has 0 radical (unpaired) electrons. The minimum atomic E-state index is -0.210. The zero-order chi connectivity index (χ0) is 14.5. The van der Waals surface area contributed by atoms with Crippen molar-refractivity contribution >= 4 is 5.91 Å².